The minimum Gasteiger partial charge on any atom is -0.404 e. The molecule has 1 saturated carbocycles. The van der Waals surface area contributed by atoms with Gasteiger partial charge in [0.15, 0.2) is 0 Å². The summed E-state index contributed by atoms with van der Waals surface area (Å²) in [6, 6.07) is 11.2. The molecule has 0 bridgehead atoms. The molecular weight excluding hydrogens is 379 g/mol. The zero-order valence-electron chi connectivity index (χ0n) is 15.5. The molecule has 150 valence electrons. The Morgan fingerprint density at radius 1 is 1.14 bits per heavy atom. The quantitative estimate of drug-likeness (QED) is 0.424. The molecule has 5 N–H and O–H groups in total. The van der Waals surface area contributed by atoms with E-state index >= 15 is 0 Å². The zero-order valence-corrected chi connectivity index (χ0v) is 16.4. The van der Waals surface area contributed by atoms with Gasteiger partial charge in [0.2, 0.25) is 0 Å². The summed E-state index contributed by atoms with van der Waals surface area (Å²) in [6.45, 7) is 0. The maximum Gasteiger partial charge on any atom is 0.524 e. The number of phosphoric ester groups is 1. The minimum atomic E-state index is -4.66. The SMILES string of the molecule is Nc1ccc(C(=O)Nc2cccc(OP(=O)(O)O)c2)cc1CC1CCCCC1. The summed E-state index contributed by atoms with van der Waals surface area (Å²) in [6.07, 6.45) is 7.05. The number of carbonyl (C=O) groups is 1. The summed E-state index contributed by atoms with van der Waals surface area (Å²) in [7, 11) is -4.66. The predicted molar refractivity (Wildman–Crippen MR) is 108 cm³/mol. The van der Waals surface area contributed by atoms with Crippen molar-refractivity contribution < 1.29 is 23.7 Å². The lowest BCUT2D eigenvalue weighted by molar-refractivity contribution is 0.102. The van der Waals surface area contributed by atoms with Crippen LogP contribution in [0.3, 0.4) is 0 Å². The topological polar surface area (TPSA) is 122 Å². The second-order valence-corrected chi connectivity index (χ2v) is 8.35. The normalized spacial score (nSPS) is 15.2. The van der Waals surface area contributed by atoms with E-state index in [0.29, 0.717) is 22.9 Å². The van der Waals surface area contributed by atoms with E-state index < -0.39 is 7.82 Å². The third-order valence-electron chi connectivity index (χ3n) is 4.95. The molecule has 3 rings (SSSR count). The van der Waals surface area contributed by atoms with Crippen molar-refractivity contribution in [2.75, 3.05) is 11.1 Å². The lowest BCUT2D eigenvalue weighted by Crippen LogP contribution is -2.14. The number of nitrogens with two attached hydrogens (primary N) is 1. The maximum atomic E-state index is 12.6. The smallest absolute Gasteiger partial charge is 0.404 e. The van der Waals surface area contributed by atoms with Gasteiger partial charge in [0.1, 0.15) is 5.75 Å². The number of benzene rings is 2. The number of rotatable bonds is 6. The number of hydrogen-bond acceptors (Lipinski definition) is 4. The van der Waals surface area contributed by atoms with E-state index in [1.54, 1.807) is 18.2 Å². The molecule has 1 fully saturated rings. The van der Waals surface area contributed by atoms with E-state index in [1.165, 1.54) is 50.3 Å². The molecule has 0 radical (unpaired) electrons. The molecule has 0 atom stereocenters. The zero-order chi connectivity index (χ0) is 20.1. The van der Waals surface area contributed by atoms with Crippen molar-refractivity contribution in [1.82, 2.24) is 0 Å². The Morgan fingerprint density at radius 2 is 1.89 bits per heavy atom. The molecule has 2 aromatic carbocycles. The number of carbonyl (C=O) groups excluding carboxylic acids is 1. The molecule has 0 unspecified atom stereocenters. The fraction of sp³-hybridized carbons (Fsp3) is 0.350. The van der Waals surface area contributed by atoms with Gasteiger partial charge in [0, 0.05) is 23.0 Å². The van der Waals surface area contributed by atoms with Gasteiger partial charge in [-0.25, -0.2) is 4.57 Å². The van der Waals surface area contributed by atoms with Gasteiger partial charge in [-0.3, -0.25) is 14.6 Å². The van der Waals surface area contributed by atoms with Gasteiger partial charge < -0.3 is 15.6 Å². The molecule has 7 nitrogen and oxygen atoms in total. The average molecular weight is 404 g/mol. The Morgan fingerprint density at radius 3 is 2.61 bits per heavy atom. The second kappa shape index (κ2) is 8.78. The van der Waals surface area contributed by atoms with Crippen LogP contribution in [0, 0.1) is 5.92 Å². The Labute approximate surface area is 164 Å². The Bertz CT molecular complexity index is 890. The fourth-order valence-corrected chi connectivity index (χ4v) is 3.99. The van der Waals surface area contributed by atoms with Crippen LogP contribution in [-0.2, 0) is 11.0 Å². The van der Waals surface area contributed by atoms with Gasteiger partial charge in [-0.05, 0) is 48.2 Å². The van der Waals surface area contributed by atoms with Gasteiger partial charge in [0.05, 0.1) is 0 Å². The lowest BCUT2D eigenvalue weighted by atomic mass is 9.84. The van der Waals surface area contributed by atoms with Crippen LogP contribution in [0.4, 0.5) is 11.4 Å². The monoisotopic (exact) mass is 404 g/mol. The highest BCUT2D eigenvalue weighted by molar-refractivity contribution is 7.46. The molecule has 0 spiro atoms. The molecule has 0 aliphatic heterocycles. The number of nitrogens with one attached hydrogen (secondary N) is 1. The summed E-state index contributed by atoms with van der Waals surface area (Å²) < 4.78 is 15.5. The molecule has 1 aliphatic carbocycles. The highest BCUT2D eigenvalue weighted by atomic mass is 31.2. The first kappa shape index (κ1) is 20.4. The fourth-order valence-electron chi connectivity index (χ4n) is 3.60. The molecule has 2 aromatic rings. The standard InChI is InChI=1S/C20H25N2O5P/c21-19-10-9-15(12-16(19)11-14-5-2-1-3-6-14)20(23)22-17-7-4-8-18(13-17)27-28(24,25)26/h4,7-10,12-14H,1-3,5-6,11,21H2,(H,22,23)(H2,24,25,26). The summed E-state index contributed by atoms with van der Waals surface area (Å²) in [5.74, 6) is 0.260. The molecule has 0 saturated heterocycles. The van der Waals surface area contributed by atoms with Gasteiger partial charge in [0.25, 0.3) is 5.91 Å². The Balaban J connectivity index is 1.71. The highest BCUT2D eigenvalue weighted by Gasteiger charge is 2.18. The molecule has 28 heavy (non-hydrogen) atoms. The van der Waals surface area contributed by atoms with Crippen molar-refractivity contribution in [3.63, 3.8) is 0 Å². The van der Waals surface area contributed by atoms with Crippen molar-refractivity contribution >= 4 is 25.1 Å². The van der Waals surface area contributed by atoms with Crippen LogP contribution in [0.1, 0.15) is 48.0 Å². The van der Waals surface area contributed by atoms with Crippen LogP contribution in [0.25, 0.3) is 0 Å². The molecule has 8 heteroatoms. The summed E-state index contributed by atoms with van der Waals surface area (Å²) in [4.78, 5) is 30.4. The predicted octanol–water partition coefficient (Wildman–Crippen LogP) is 4.12. The van der Waals surface area contributed by atoms with Gasteiger partial charge in [-0.2, -0.15) is 0 Å². The van der Waals surface area contributed by atoms with Crippen molar-refractivity contribution in [1.29, 1.82) is 0 Å². The van der Waals surface area contributed by atoms with Gasteiger partial charge in [-0.15, -0.1) is 0 Å². The highest BCUT2D eigenvalue weighted by Crippen LogP contribution is 2.38. The van der Waals surface area contributed by atoms with E-state index in [0.717, 1.165) is 12.0 Å². The summed E-state index contributed by atoms with van der Waals surface area (Å²) in [5.41, 5.74) is 8.66. The van der Waals surface area contributed by atoms with Crippen molar-refractivity contribution in [3.05, 3.63) is 53.6 Å². The second-order valence-electron chi connectivity index (χ2n) is 7.19. The number of amides is 1. The van der Waals surface area contributed by atoms with Crippen LogP contribution in [0.2, 0.25) is 0 Å². The lowest BCUT2D eigenvalue weighted by Gasteiger charge is -2.22. The van der Waals surface area contributed by atoms with E-state index in [4.69, 9.17) is 15.5 Å². The van der Waals surface area contributed by atoms with E-state index in [9.17, 15) is 9.36 Å². The third-order valence-corrected chi connectivity index (χ3v) is 5.40. The minimum absolute atomic E-state index is 0.0265. The average Bonchev–Trinajstić information content (AvgIpc) is 2.63. The van der Waals surface area contributed by atoms with Gasteiger partial charge in [-0.1, -0.05) is 38.2 Å². The number of hydrogen-bond donors (Lipinski definition) is 4. The first-order chi connectivity index (χ1) is 13.3. The maximum absolute atomic E-state index is 12.6. The van der Waals surface area contributed by atoms with Crippen LogP contribution in [0.5, 0.6) is 5.75 Å². The van der Waals surface area contributed by atoms with E-state index in [-0.39, 0.29) is 11.7 Å². The van der Waals surface area contributed by atoms with Crippen molar-refractivity contribution in [2.24, 2.45) is 5.92 Å². The Kier molecular flexibility index (Phi) is 6.39. The van der Waals surface area contributed by atoms with Crippen molar-refractivity contribution in [3.8, 4) is 5.75 Å². The van der Waals surface area contributed by atoms with Crippen molar-refractivity contribution in [2.45, 2.75) is 38.5 Å². The molecule has 0 heterocycles. The number of anilines is 2. The molecule has 1 amide bonds. The number of phosphoric acid groups is 1. The summed E-state index contributed by atoms with van der Waals surface area (Å²) in [5, 5.41) is 2.72. The van der Waals surface area contributed by atoms with E-state index in [2.05, 4.69) is 9.84 Å². The van der Waals surface area contributed by atoms with Gasteiger partial charge >= 0.3 is 7.82 Å². The number of nitrogen functional groups attached to an aromatic ring is 1. The van der Waals surface area contributed by atoms with E-state index in [1.807, 2.05) is 6.07 Å². The van der Waals surface area contributed by atoms with Crippen LogP contribution in [0.15, 0.2) is 42.5 Å². The van der Waals surface area contributed by atoms with Crippen LogP contribution >= 0.6 is 7.82 Å². The third kappa shape index (κ3) is 5.83. The first-order valence-electron chi connectivity index (χ1n) is 9.35. The molecular formula is C20H25N2O5P. The van der Waals surface area contributed by atoms with Crippen LogP contribution in [-0.4, -0.2) is 15.7 Å². The Hall–Kier alpha value is -2.34. The first-order valence-corrected chi connectivity index (χ1v) is 10.9. The van der Waals surface area contributed by atoms with Crippen LogP contribution < -0.4 is 15.6 Å². The molecule has 1 aliphatic rings. The largest absolute Gasteiger partial charge is 0.524 e. The summed E-state index contributed by atoms with van der Waals surface area (Å²) >= 11 is 0. The molecule has 0 aromatic heterocycles.